The summed E-state index contributed by atoms with van der Waals surface area (Å²) in [5, 5.41) is 21.1. The topological polar surface area (TPSA) is 70.7 Å². The molecule has 2 N–H and O–H groups in total. The molecule has 4 aromatic rings. The second-order valence-corrected chi connectivity index (χ2v) is 5.58. The zero-order chi connectivity index (χ0) is 13.9. The Balaban J connectivity index is 2.35. The maximum absolute atomic E-state index is 12.2. The predicted molar refractivity (Wildman–Crippen MR) is 78.7 cm³/mol. The van der Waals surface area contributed by atoms with Gasteiger partial charge in [0.2, 0.25) is 0 Å². The Kier molecular flexibility index (Phi) is 2.11. The maximum Gasteiger partial charge on any atom is 0.345 e. The Hall–Kier alpha value is -2.53. The molecular formula is C15H8O4S. The van der Waals surface area contributed by atoms with Gasteiger partial charge in [0.1, 0.15) is 5.58 Å². The standard InChI is InChI=1S/C15H8O4S/c16-9-5-8-12(6-10(9)17)20-14-7-3-1-2-4-11(7)19-15(18)13(8)14/h1-6,16-17H. The van der Waals surface area contributed by atoms with E-state index in [0.717, 1.165) is 14.8 Å². The summed E-state index contributed by atoms with van der Waals surface area (Å²) in [5.41, 5.74) is 0.0973. The van der Waals surface area contributed by atoms with E-state index in [-0.39, 0.29) is 11.5 Å². The van der Waals surface area contributed by atoms with Gasteiger partial charge >= 0.3 is 5.63 Å². The summed E-state index contributed by atoms with van der Waals surface area (Å²) >= 11 is 1.40. The van der Waals surface area contributed by atoms with E-state index < -0.39 is 5.63 Å². The van der Waals surface area contributed by atoms with Crippen molar-refractivity contribution in [2.24, 2.45) is 0 Å². The molecule has 0 saturated carbocycles. The van der Waals surface area contributed by atoms with Gasteiger partial charge in [0.25, 0.3) is 0 Å². The lowest BCUT2D eigenvalue weighted by Crippen LogP contribution is -1.97. The van der Waals surface area contributed by atoms with Crippen molar-refractivity contribution in [3.05, 3.63) is 46.8 Å². The molecule has 0 aliphatic rings. The summed E-state index contributed by atoms with van der Waals surface area (Å²) in [7, 11) is 0. The smallest absolute Gasteiger partial charge is 0.345 e. The first kappa shape index (κ1) is 11.3. The van der Waals surface area contributed by atoms with E-state index in [0.29, 0.717) is 16.4 Å². The van der Waals surface area contributed by atoms with Crippen LogP contribution in [0.1, 0.15) is 0 Å². The van der Waals surface area contributed by atoms with Crippen LogP contribution in [0.4, 0.5) is 0 Å². The fraction of sp³-hybridized carbons (Fsp3) is 0. The zero-order valence-electron chi connectivity index (χ0n) is 10.1. The van der Waals surface area contributed by atoms with Crippen LogP contribution in [0.25, 0.3) is 31.1 Å². The minimum atomic E-state index is -0.435. The minimum Gasteiger partial charge on any atom is -0.504 e. The fourth-order valence-corrected chi connectivity index (χ4v) is 3.64. The Morgan fingerprint density at radius 2 is 1.75 bits per heavy atom. The van der Waals surface area contributed by atoms with Gasteiger partial charge in [-0.05, 0) is 18.2 Å². The van der Waals surface area contributed by atoms with E-state index in [1.807, 2.05) is 18.2 Å². The van der Waals surface area contributed by atoms with Crippen molar-refractivity contribution < 1.29 is 14.6 Å². The Morgan fingerprint density at radius 1 is 1.00 bits per heavy atom. The SMILES string of the molecule is O=c1oc2ccccc2c2sc3cc(O)c(O)cc3c12. The molecule has 4 rings (SSSR count). The molecule has 0 unspecified atom stereocenters. The number of aromatic hydroxyl groups is 2. The third-order valence-electron chi connectivity index (χ3n) is 3.32. The highest BCUT2D eigenvalue weighted by molar-refractivity contribution is 7.26. The molecule has 0 bridgehead atoms. The van der Waals surface area contributed by atoms with Crippen molar-refractivity contribution in [2.45, 2.75) is 0 Å². The van der Waals surface area contributed by atoms with Crippen molar-refractivity contribution in [1.29, 1.82) is 0 Å². The van der Waals surface area contributed by atoms with Crippen molar-refractivity contribution in [2.75, 3.05) is 0 Å². The number of fused-ring (bicyclic) bond motifs is 5. The van der Waals surface area contributed by atoms with Gasteiger partial charge in [-0.2, -0.15) is 0 Å². The third-order valence-corrected chi connectivity index (χ3v) is 4.51. The number of phenolic OH excluding ortho intramolecular Hbond substituents is 2. The lowest BCUT2D eigenvalue weighted by atomic mass is 10.1. The summed E-state index contributed by atoms with van der Waals surface area (Å²) in [4.78, 5) is 12.2. The average Bonchev–Trinajstić information content (AvgIpc) is 2.79. The van der Waals surface area contributed by atoms with Crippen molar-refractivity contribution in [3.8, 4) is 11.5 Å². The zero-order valence-corrected chi connectivity index (χ0v) is 10.9. The van der Waals surface area contributed by atoms with E-state index in [4.69, 9.17) is 4.42 Å². The molecule has 0 spiro atoms. The molecule has 2 aromatic carbocycles. The summed E-state index contributed by atoms with van der Waals surface area (Å²) in [5.74, 6) is -0.442. The van der Waals surface area contributed by atoms with Crippen LogP contribution in [-0.2, 0) is 0 Å². The van der Waals surface area contributed by atoms with Crippen molar-refractivity contribution in [3.63, 3.8) is 0 Å². The predicted octanol–water partition coefficient (Wildman–Crippen LogP) is 3.57. The van der Waals surface area contributed by atoms with Gasteiger partial charge in [-0.15, -0.1) is 11.3 Å². The molecule has 2 aromatic heterocycles. The van der Waals surface area contributed by atoms with Crippen LogP contribution in [0.3, 0.4) is 0 Å². The van der Waals surface area contributed by atoms with Crippen LogP contribution in [0.2, 0.25) is 0 Å². The third kappa shape index (κ3) is 1.38. The number of thiophene rings is 1. The summed E-state index contributed by atoms with van der Waals surface area (Å²) in [6.07, 6.45) is 0. The molecule has 0 aliphatic heterocycles. The molecule has 2 heterocycles. The minimum absolute atomic E-state index is 0.197. The summed E-state index contributed by atoms with van der Waals surface area (Å²) in [6.45, 7) is 0. The van der Waals surface area contributed by atoms with E-state index in [1.165, 1.54) is 23.5 Å². The fourth-order valence-electron chi connectivity index (χ4n) is 2.41. The Labute approximate surface area is 116 Å². The summed E-state index contributed by atoms with van der Waals surface area (Å²) < 4.78 is 6.86. The van der Waals surface area contributed by atoms with E-state index in [1.54, 1.807) is 6.07 Å². The van der Waals surface area contributed by atoms with Gasteiger partial charge in [-0.1, -0.05) is 12.1 Å². The van der Waals surface area contributed by atoms with E-state index >= 15 is 0 Å². The lowest BCUT2D eigenvalue weighted by molar-refractivity contribution is 0.405. The normalized spacial score (nSPS) is 11.6. The largest absolute Gasteiger partial charge is 0.504 e. The molecule has 0 atom stereocenters. The Morgan fingerprint density at radius 3 is 2.60 bits per heavy atom. The monoisotopic (exact) mass is 284 g/mol. The Bertz CT molecular complexity index is 1040. The molecule has 0 radical (unpaired) electrons. The van der Waals surface area contributed by atoms with E-state index in [9.17, 15) is 15.0 Å². The van der Waals surface area contributed by atoms with Gasteiger partial charge in [-0.25, -0.2) is 4.79 Å². The van der Waals surface area contributed by atoms with Gasteiger partial charge in [0, 0.05) is 21.5 Å². The number of hydrogen-bond acceptors (Lipinski definition) is 5. The van der Waals surface area contributed by atoms with Crippen LogP contribution in [0.15, 0.2) is 45.6 Å². The molecule has 0 fully saturated rings. The molecule has 0 amide bonds. The van der Waals surface area contributed by atoms with Gasteiger partial charge < -0.3 is 14.6 Å². The van der Waals surface area contributed by atoms with Crippen LogP contribution in [-0.4, -0.2) is 10.2 Å². The number of hydrogen-bond donors (Lipinski definition) is 2. The van der Waals surface area contributed by atoms with Crippen molar-refractivity contribution >= 4 is 42.5 Å². The maximum atomic E-state index is 12.2. The second-order valence-electron chi connectivity index (χ2n) is 4.53. The van der Waals surface area contributed by atoms with Gasteiger partial charge in [0.05, 0.1) is 10.1 Å². The lowest BCUT2D eigenvalue weighted by Gasteiger charge is -1.98. The average molecular weight is 284 g/mol. The number of rotatable bonds is 0. The van der Waals surface area contributed by atoms with Crippen molar-refractivity contribution in [1.82, 2.24) is 0 Å². The first-order chi connectivity index (χ1) is 9.65. The molecule has 4 nitrogen and oxygen atoms in total. The molecular weight excluding hydrogens is 276 g/mol. The number of para-hydroxylation sites is 1. The molecule has 20 heavy (non-hydrogen) atoms. The first-order valence-corrected chi connectivity index (χ1v) is 6.77. The quantitative estimate of drug-likeness (QED) is 0.382. The van der Waals surface area contributed by atoms with Gasteiger partial charge in [-0.3, -0.25) is 0 Å². The highest BCUT2D eigenvalue weighted by Gasteiger charge is 2.15. The molecule has 5 heteroatoms. The second kappa shape index (κ2) is 3.74. The van der Waals surface area contributed by atoms with Crippen LogP contribution >= 0.6 is 11.3 Å². The van der Waals surface area contributed by atoms with Crippen LogP contribution < -0.4 is 5.63 Å². The van der Waals surface area contributed by atoms with E-state index in [2.05, 4.69) is 0 Å². The molecule has 0 saturated heterocycles. The highest BCUT2D eigenvalue weighted by atomic mass is 32.1. The number of benzene rings is 2. The van der Waals surface area contributed by atoms with Crippen LogP contribution in [0, 0.1) is 0 Å². The summed E-state index contributed by atoms with van der Waals surface area (Å²) in [6, 6.07) is 10.2. The van der Waals surface area contributed by atoms with Crippen LogP contribution in [0.5, 0.6) is 11.5 Å². The number of phenols is 2. The first-order valence-electron chi connectivity index (χ1n) is 5.95. The van der Waals surface area contributed by atoms with Gasteiger partial charge in [0.15, 0.2) is 11.5 Å². The molecule has 98 valence electrons. The highest BCUT2D eigenvalue weighted by Crippen LogP contribution is 2.40. The molecule has 0 aliphatic carbocycles.